The summed E-state index contributed by atoms with van der Waals surface area (Å²) in [5, 5.41) is 2.76. The topological polar surface area (TPSA) is 45.2 Å². The van der Waals surface area contributed by atoms with E-state index in [0.29, 0.717) is 6.54 Å². The van der Waals surface area contributed by atoms with Crippen LogP contribution < -0.4 is 5.32 Å². The molecule has 0 spiro atoms. The molecule has 0 aliphatic rings. The average Bonchev–Trinajstić information content (AvgIpc) is 2.34. The van der Waals surface area contributed by atoms with Crippen molar-refractivity contribution in [2.24, 2.45) is 0 Å². The third kappa shape index (κ3) is 5.98. The van der Waals surface area contributed by atoms with E-state index in [2.05, 4.69) is 10.3 Å². The van der Waals surface area contributed by atoms with Gasteiger partial charge >= 0.3 is 0 Å². The van der Waals surface area contributed by atoms with Crippen molar-refractivity contribution >= 4 is 17.7 Å². The lowest BCUT2D eigenvalue weighted by molar-refractivity contribution is 0.0948. The molecule has 0 aliphatic heterocycles. The summed E-state index contributed by atoms with van der Waals surface area (Å²) in [6.45, 7) is 1.36. The Morgan fingerprint density at radius 2 is 2.26 bits per heavy atom. The van der Waals surface area contributed by atoms with Gasteiger partial charge in [0.15, 0.2) is 0 Å². The normalized spacial score (nSPS) is 11.1. The van der Waals surface area contributed by atoms with E-state index in [1.165, 1.54) is 12.3 Å². The molecular formula is C12H17F2N3OS. The van der Waals surface area contributed by atoms with Gasteiger partial charge in [0.05, 0.1) is 5.56 Å². The van der Waals surface area contributed by atoms with Crippen molar-refractivity contribution in [3.63, 3.8) is 0 Å². The molecule has 0 fully saturated rings. The summed E-state index contributed by atoms with van der Waals surface area (Å²) in [6.07, 6.45) is 2.20. The second-order valence-electron chi connectivity index (χ2n) is 4.15. The Labute approximate surface area is 115 Å². The molecule has 1 heterocycles. The minimum atomic E-state index is -2.59. The van der Waals surface area contributed by atoms with Gasteiger partial charge in [-0.1, -0.05) is 0 Å². The summed E-state index contributed by atoms with van der Waals surface area (Å²) in [4.78, 5) is 17.7. The molecule has 0 aliphatic carbocycles. The Morgan fingerprint density at radius 1 is 1.53 bits per heavy atom. The fraction of sp³-hybridized carbons (Fsp3) is 0.500. The first-order valence-electron chi connectivity index (χ1n) is 5.83. The van der Waals surface area contributed by atoms with Crippen LogP contribution in [0.3, 0.4) is 0 Å². The van der Waals surface area contributed by atoms with Crippen LogP contribution in [0, 0.1) is 0 Å². The maximum atomic E-state index is 12.3. The van der Waals surface area contributed by atoms with Crippen molar-refractivity contribution < 1.29 is 13.6 Å². The van der Waals surface area contributed by atoms with Crippen molar-refractivity contribution in [1.82, 2.24) is 15.2 Å². The van der Waals surface area contributed by atoms with E-state index in [1.807, 2.05) is 19.0 Å². The van der Waals surface area contributed by atoms with E-state index in [1.54, 1.807) is 6.07 Å². The number of halogens is 2. The number of nitrogens with zero attached hydrogens (tertiary/aromatic N) is 2. The Bertz CT molecular complexity index is 416. The molecular weight excluding hydrogens is 272 g/mol. The number of carbonyl (C=O) groups is 1. The van der Waals surface area contributed by atoms with E-state index in [-0.39, 0.29) is 28.3 Å². The number of carbonyl (C=O) groups excluding carboxylic acids is 1. The van der Waals surface area contributed by atoms with Crippen LogP contribution in [0.25, 0.3) is 0 Å². The number of hydrogen-bond donors (Lipinski definition) is 1. The Hall–Kier alpha value is -1.21. The molecule has 4 nitrogen and oxygen atoms in total. The molecule has 0 saturated carbocycles. The monoisotopic (exact) mass is 289 g/mol. The summed E-state index contributed by atoms with van der Waals surface area (Å²) in [5.74, 6) is -2.95. The van der Waals surface area contributed by atoms with Crippen LogP contribution in [-0.4, -0.2) is 48.7 Å². The predicted octanol–water partition coefficient (Wildman–Crippen LogP) is 2.08. The van der Waals surface area contributed by atoms with Crippen LogP contribution in [0.5, 0.6) is 0 Å². The van der Waals surface area contributed by atoms with Gasteiger partial charge in [-0.05, 0) is 51.0 Å². The molecule has 1 rings (SSSR count). The summed E-state index contributed by atoms with van der Waals surface area (Å²) in [7, 11) is 3.89. The number of pyridine rings is 1. The average molecular weight is 289 g/mol. The van der Waals surface area contributed by atoms with Gasteiger partial charge in [0.25, 0.3) is 11.7 Å². The maximum absolute atomic E-state index is 12.3. The van der Waals surface area contributed by atoms with E-state index >= 15 is 0 Å². The quantitative estimate of drug-likeness (QED) is 0.616. The fourth-order valence-corrected chi connectivity index (χ4v) is 2.01. The summed E-state index contributed by atoms with van der Waals surface area (Å²) in [5.41, 5.74) is 0.192. The van der Waals surface area contributed by atoms with Crippen molar-refractivity contribution in [3.05, 3.63) is 23.9 Å². The zero-order chi connectivity index (χ0) is 14.3. The Balaban J connectivity index is 2.56. The molecule has 0 radical (unpaired) electrons. The van der Waals surface area contributed by atoms with Gasteiger partial charge in [-0.25, -0.2) is 4.98 Å². The highest BCUT2D eigenvalue weighted by Gasteiger charge is 2.16. The van der Waals surface area contributed by atoms with Crippen LogP contribution in [0.15, 0.2) is 23.4 Å². The molecule has 1 aromatic rings. The van der Waals surface area contributed by atoms with Gasteiger partial charge in [-0.15, -0.1) is 0 Å². The Morgan fingerprint density at radius 3 is 2.89 bits per heavy atom. The van der Waals surface area contributed by atoms with Crippen molar-refractivity contribution in [3.8, 4) is 0 Å². The minimum Gasteiger partial charge on any atom is -0.352 e. The highest BCUT2D eigenvalue weighted by Crippen LogP contribution is 2.26. The summed E-state index contributed by atoms with van der Waals surface area (Å²) in [6, 6.07) is 3.06. The van der Waals surface area contributed by atoms with E-state index in [0.717, 1.165) is 13.0 Å². The summed E-state index contributed by atoms with van der Waals surface area (Å²) < 4.78 is 24.7. The highest BCUT2D eigenvalue weighted by atomic mass is 32.2. The predicted molar refractivity (Wildman–Crippen MR) is 71.6 cm³/mol. The molecule has 0 unspecified atom stereocenters. The molecule has 1 amide bonds. The van der Waals surface area contributed by atoms with Crippen molar-refractivity contribution in [1.29, 1.82) is 0 Å². The first-order chi connectivity index (χ1) is 9.00. The molecule has 0 saturated heterocycles. The van der Waals surface area contributed by atoms with Crippen molar-refractivity contribution in [2.75, 3.05) is 27.2 Å². The smallest absolute Gasteiger partial charge is 0.290 e. The molecule has 1 aromatic heterocycles. The minimum absolute atomic E-state index is 0.0580. The van der Waals surface area contributed by atoms with E-state index in [9.17, 15) is 13.6 Å². The van der Waals surface area contributed by atoms with Crippen LogP contribution in [0.4, 0.5) is 8.78 Å². The van der Waals surface area contributed by atoms with Crippen LogP contribution in [0.1, 0.15) is 16.8 Å². The number of thioether (sulfide) groups is 1. The molecule has 1 N–H and O–H groups in total. The maximum Gasteiger partial charge on any atom is 0.290 e. The first kappa shape index (κ1) is 15.8. The van der Waals surface area contributed by atoms with Gasteiger partial charge in [-0.3, -0.25) is 4.79 Å². The van der Waals surface area contributed by atoms with E-state index < -0.39 is 5.76 Å². The van der Waals surface area contributed by atoms with Crippen molar-refractivity contribution in [2.45, 2.75) is 17.2 Å². The highest BCUT2D eigenvalue weighted by molar-refractivity contribution is 7.99. The second kappa shape index (κ2) is 8.06. The van der Waals surface area contributed by atoms with Gasteiger partial charge < -0.3 is 10.2 Å². The van der Waals surface area contributed by atoms with Crippen LogP contribution >= 0.6 is 11.8 Å². The number of amides is 1. The van der Waals surface area contributed by atoms with Gasteiger partial charge in [-0.2, -0.15) is 8.78 Å². The molecule has 19 heavy (non-hydrogen) atoms. The van der Waals surface area contributed by atoms with Crippen LogP contribution in [0.2, 0.25) is 0 Å². The summed E-state index contributed by atoms with van der Waals surface area (Å²) >= 11 is 0.284. The zero-order valence-electron chi connectivity index (χ0n) is 10.9. The number of nitrogens with one attached hydrogen (secondary N) is 1. The lowest BCUT2D eigenvalue weighted by Crippen LogP contribution is -2.27. The molecule has 0 aromatic carbocycles. The number of rotatable bonds is 7. The molecule has 7 heteroatoms. The van der Waals surface area contributed by atoms with Gasteiger partial charge in [0.2, 0.25) is 0 Å². The standard InChI is InChI=1S/C12H17F2N3OS/c1-17(2)8-4-7-15-10(18)9-5-3-6-16-11(9)19-12(13)14/h3,5-6,12H,4,7-8H2,1-2H3,(H,15,18). The zero-order valence-corrected chi connectivity index (χ0v) is 11.7. The lowest BCUT2D eigenvalue weighted by Gasteiger charge is -2.11. The SMILES string of the molecule is CN(C)CCCNC(=O)c1cccnc1SC(F)F. The third-order valence-electron chi connectivity index (χ3n) is 2.28. The molecule has 106 valence electrons. The third-order valence-corrected chi connectivity index (χ3v) is 3.01. The largest absolute Gasteiger partial charge is 0.352 e. The van der Waals surface area contributed by atoms with Gasteiger partial charge in [0, 0.05) is 12.7 Å². The Kier molecular flexibility index (Phi) is 6.72. The lowest BCUT2D eigenvalue weighted by atomic mass is 10.2. The second-order valence-corrected chi connectivity index (χ2v) is 5.13. The molecule has 0 bridgehead atoms. The number of aromatic nitrogens is 1. The number of hydrogen-bond acceptors (Lipinski definition) is 4. The first-order valence-corrected chi connectivity index (χ1v) is 6.71. The van der Waals surface area contributed by atoms with E-state index in [4.69, 9.17) is 0 Å². The van der Waals surface area contributed by atoms with Gasteiger partial charge in [0.1, 0.15) is 5.03 Å². The fourth-order valence-electron chi connectivity index (χ4n) is 1.43. The van der Waals surface area contributed by atoms with Crippen LogP contribution in [-0.2, 0) is 0 Å². The number of alkyl halides is 2. The molecule has 0 atom stereocenters.